The van der Waals surface area contributed by atoms with Crippen molar-refractivity contribution in [2.24, 2.45) is 0 Å². The molecule has 0 spiro atoms. The maximum absolute atomic E-state index is 2.78. The van der Waals surface area contributed by atoms with E-state index in [4.69, 9.17) is 0 Å². The van der Waals surface area contributed by atoms with Crippen molar-refractivity contribution in [3.8, 4) is 22.3 Å². The van der Waals surface area contributed by atoms with Crippen LogP contribution in [0.1, 0.15) is 200 Å². The van der Waals surface area contributed by atoms with E-state index in [2.05, 4.69) is 254 Å². The molecule has 1 fully saturated rings. The van der Waals surface area contributed by atoms with E-state index in [0.717, 1.165) is 0 Å². The van der Waals surface area contributed by atoms with E-state index in [1.807, 2.05) is 11.3 Å². The van der Waals surface area contributed by atoms with Crippen molar-refractivity contribution in [2.75, 3.05) is 9.80 Å². The van der Waals surface area contributed by atoms with E-state index in [1.165, 1.54) is 153 Å². The topological polar surface area (TPSA) is 6.48 Å². The number of thiophene rings is 1. The first kappa shape index (κ1) is 52.2. The molecule has 11 rings (SSSR count). The lowest BCUT2D eigenvalue weighted by Gasteiger charge is -2.45. The first-order valence-electron chi connectivity index (χ1n) is 28.9. The van der Waals surface area contributed by atoms with Crippen LogP contribution >= 0.6 is 11.3 Å². The predicted molar refractivity (Wildman–Crippen MR) is 336 cm³/mol. The minimum atomic E-state index is -0.140. The minimum absolute atomic E-state index is 0.0190. The number of fused-ring (bicyclic) bond motifs is 6. The van der Waals surface area contributed by atoms with Crippen LogP contribution in [0.2, 0.25) is 0 Å². The van der Waals surface area contributed by atoms with Gasteiger partial charge in [-0.05, 0) is 173 Å². The third-order valence-corrected chi connectivity index (χ3v) is 18.6. The molecule has 8 aromatic rings. The fourth-order valence-electron chi connectivity index (χ4n) is 12.5. The second kappa shape index (κ2) is 19.0. The van der Waals surface area contributed by atoms with Gasteiger partial charge in [-0.1, -0.05) is 209 Å². The molecule has 0 saturated heterocycles. The van der Waals surface area contributed by atoms with Gasteiger partial charge in [0.1, 0.15) is 0 Å². The molecule has 4 heteroatoms. The van der Waals surface area contributed by atoms with Gasteiger partial charge in [0.25, 0.3) is 6.71 Å². The molecule has 1 aliphatic carbocycles. The van der Waals surface area contributed by atoms with Crippen LogP contribution in [0.4, 0.5) is 34.1 Å². The molecule has 7 aromatic carbocycles. The molecule has 0 unspecified atom stereocenters. The smallest absolute Gasteiger partial charge is 0.264 e. The summed E-state index contributed by atoms with van der Waals surface area (Å²) in [6, 6.07) is 53.9. The van der Waals surface area contributed by atoms with E-state index < -0.39 is 0 Å². The Kier molecular flexibility index (Phi) is 13.0. The van der Waals surface area contributed by atoms with E-state index in [0.29, 0.717) is 17.8 Å². The fraction of sp³-hybridized carbons (Fsp3) is 0.389. The molecule has 2 aliphatic heterocycles. The molecule has 0 N–H and O–H groups in total. The second-order valence-electron chi connectivity index (χ2n) is 27.8. The molecular weight excluding hydrogens is 936 g/mol. The summed E-state index contributed by atoms with van der Waals surface area (Å²) in [5, 5.41) is 1.35. The Morgan fingerprint density at radius 1 is 0.474 bits per heavy atom. The summed E-state index contributed by atoms with van der Waals surface area (Å²) >= 11 is 2.02. The van der Waals surface area contributed by atoms with Gasteiger partial charge >= 0.3 is 0 Å². The maximum atomic E-state index is 2.78. The highest BCUT2D eigenvalue weighted by atomic mass is 32.1. The standard InChI is InChI=1S/C72H83BN2S/c1-44(2)50-35-51(45(3)4)37-52(36-50)58-39-49(46-21-18-17-19-22-46)27-32-61(58)75-64-43-56(72(14,15)16)42-63-66(64)73(68-67(75)59-40-54(70(8,9)10)29-34-65(59)76-68)60-41-55(71(11,12)13)28-33-62(60)74(63)57-30-25-47(26-31-57)48-23-20-24-53(38-48)69(5,6)7/h20,23-46H,17-19,21-22H2,1-16H3. The maximum Gasteiger partial charge on any atom is 0.264 e. The number of hydrogen-bond donors (Lipinski definition) is 0. The second-order valence-corrected chi connectivity index (χ2v) is 28.9. The van der Waals surface area contributed by atoms with Gasteiger partial charge in [0.15, 0.2) is 0 Å². The molecule has 390 valence electrons. The average Bonchev–Trinajstić information content (AvgIpc) is 3.77. The number of hydrogen-bond acceptors (Lipinski definition) is 3. The van der Waals surface area contributed by atoms with Gasteiger partial charge in [-0.25, -0.2) is 0 Å². The largest absolute Gasteiger partial charge is 0.311 e. The molecule has 3 heterocycles. The summed E-state index contributed by atoms with van der Waals surface area (Å²) in [7, 11) is 0. The Morgan fingerprint density at radius 2 is 1.05 bits per heavy atom. The normalized spacial score (nSPS) is 15.2. The molecule has 76 heavy (non-hydrogen) atoms. The minimum Gasteiger partial charge on any atom is -0.311 e. The lowest BCUT2D eigenvalue weighted by molar-refractivity contribution is 0.444. The summed E-state index contributed by atoms with van der Waals surface area (Å²) < 4.78 is 2.78. The monoisotopic (exact) mass is 1020 g/mol. The zero-order chi connectivity index (χ0) is 54.0. The van der Waals surface area contributed by atoms with E-state index in [-0.39, 0.29) is 28.4 Å². The van der Waals surface area contributed by atoms with Crippen LogP contribution in [-0.4, -0.2) is 6.71 Å². The van der Waals surface area contributed by atoms with Crippen LogP contribution in [0.5, 0.6) is 0 Å². The van der Waals surface area contributed by atoms with Crippen LogP contribution in [0.3, 0.4) is 0 Å². The van der Waals surface area contributed by atoms with E-state index in [9.17, 15) is 0 Å². The lowest BCUT2D eigenvalue weighted by atomic mass is 9.36. The average molecular weight is 1020 g/mol. The summed E-state index contributed by atoms with van der Waals surface area (Å²) in [4.78, 5) is 5.41. The number of nitrogens with zero attached hydrogens (tertiary/aromatic N) is 2. The van der Waals surface area contributed by atoms with Crippen LogP contribution in [0.15, 0.2) is 133 Å². The Hall–Kier alpha value is -5.84. The molecule has 0 atom stereocenters. The Morgan fingerprint density at radius 3 is 1.67 bits per heavy atom. The Bertz CT molecular complexity index is 3490. The quantitative estimate of drug-likeness (QED) is 0.147. The zero-order valence-electron chi connectivity index (χ0n) is 48.8. The highest BCUT2D eigenvalue weighted by molar-refractivity contribution is 7.33. The van der Waals surface area contributed by atoms with Gasteiger partial charge in [-0.15, -0.1) is 11.3 Å². The molecule has 3 aliphatic rings. The molecule has 0 amide bonds. The van der Waals surface area contributed by atoms with Crippen LogP contribution in [0, 0.1) is 0 Å². The van der Waals surface area contributed by atoms with Gasteiger partial charge in [-0.2, -0.15) is 0 Å². The van der Waals surface area contributed by atoms with Crippen LogP contribution in [0.25, 0.3) is 32.3 Å². The van der Waals surface area contributed by atoms with Gasteiger partial charge in [0.05, 0.1) is 11.4 Å². The van der Waals surface area contributed by atoms with Crippen molar-refractivity contribution in [1.82, 2.24) is 0 Å². The molecule has 1 aromatic heterocycles. The number of anilines is 6. The summed E-state index contributed by atoms with van der Waals surface area (Å²) in [5.74, 6) is 1.39. The van der Waals surface area contributed by atoms with Crippen molar-refractivity contribution in [3.63, 3.8) is 0 Å². The molecular formula is C72H83BN2S. The summed E-state index contributed by atoms with van der Waals surface area (Å²) in [6.45, 7) is 37.8. The summed E-state index contributed by atoms with van der Waals surface area (Å²) in [5.41, 5.74) is 25.2. The highest BCUT2D eigenvalue weighted by Crippen LogP contribution is 2.53. The fourth-order valence-corrected chi connectivity index (χ4v) is 13.8. The van der Waals surface area contributed by atoms with Gasteiger partial charge in [-0.3, -0.25) is 0 Å². The third kappa shape index (κ3) is 9.37. The van der Waals surface area contributed by atoms with Gasteiger partial charge in [0.2, 0.25) is 0 Å². The van der Waals surface area contributed by atoms with Gasteiger partial charge < -0.3 is 9.80 Å². The molecule has 0 radical (unpaired) electrons. The first-order chi connectivity index (χ1) is 35.8. The van der Waals surface area contributed by atoms with Crippen LogP contribution < -0.4 is 25.5 Å². The van der Waals surface area contributed by atoms with Gasteiger partial charge in [0, 0.05) is 43.2 Å². The van der Waals surface area contributed by atoms with E-state index >= 15 is 0 Å². The zero-order valence-corrected chi connectivity index (χ0v) is 49.7. The lowest BCUT2D eigenvalue weighted by Crippen LogP contribution is -2.60. The highest BCUT2D eigenvalue weighted by Gasteiger charge is 2.47. The number of benzene rings is 7. The van der Waals surface area contributed by atoms with Crippen molar-refractivity contribution in [1.29, 1.82) is 0 Å². The van der Waals surface area contributed by atoms with Crippen molar-refractivity contribution in [3.05, 3.63) is 172 Å². The predicted octanol–water partition coefficient (Wildman–Crippen LogP) is 19.8. The first-order valence-corrected chi connectivity index (χ1v) is 29.7. The SMILES string of the molecule is CC(C)c1cc(-c2cc(C3CCCCC3)ccc2N2c3cc(C(C)(C)C)cc4c3B(c3cc(C(C)(C)C)ccc3N4c3ccc(-c4cccc(C(C)(C)C)c4)cc3)c3sc4ccc(C(C)(C)C)cc4c32)cc(C(C)C)c1. The Balaban J connectivity index is 1.25. The van der Waals surface area contributed by atoms with Crippen LogP contribution in [-0.2, 0) is 21.7 Å². The Labute approximate surface area is 462 Å². The molecule has 0 bridgehead atoms. The molecule has 2 nitrogen and oxygen atoms in total. The number of rotatable bonds is 7. The third-order valence-electron chi connectivity index (χ3n) is 17.4. The molecule has 1 saturated carbocycles. The van der Waals surface area contributed by atoms with Crippen molar-refractivity contribution in [2.45, 2.75) is 182 Å². The van der Waals surface area contributed by atoms with Crippen molar-refractivity contribution >= 4 is 78.0 Å². The summed E-state index contributed by atoms with van der Waals surface area (Å²) in [6.07, 6.45) is 6.49. The van der Waals surface area contributed by atoms with Crippen molar-refractivity contribution < 1.29 is 0 Å². The van der Waals surface area contributed by atoms with E-state index in [1.54, 1.807) is 0 Å².